The molecule has 0 radical (unpaired) electrons. The minimum absolute atomic E-state index is 0.0518. The zero-order valence-corrected chi connectivity index (χ0v) is 23.1. The van der Waals surface area contributed by atoms with Gasteiger partial charge in [-0.05, 0) is 42.7 Å². The number of carbonyl (C=O) groups is 4. The molecule has 0 aliphatic carbocycles. The van der Waals surface area contributed by atoms with Crippen molar-refractivity contribution in [2.24, 2.45) is 11.1 Å². The van der Waals surface area contributed by atoms with Crippen LogP contribution in [-0.2, 0) is 30.4 Å². The number of amides is 2. The molecule has 15 heteroatoms. The average molecular weight is 597 g/mol. The molecule has 1 fully saturated rings. The molecule has 41 heavy (non-hydrogen) atoms. The first-order valence-electron chi connectivity index (χ1n) is 12.3. The highest BCUT2D eigenvalue weighted by molar-refractivity contribution is 8.00. The summed E-state index contributed by atoms with van der Waals surface area (Å²) in [5.74, 6) is -4.18. The number of thiophene rings is 1. The molecule has 0 bridgehead atoms. The molecule has 2 amide bonds. The van der Waals surface area contributed by atoms with Crippen molar-refractivity contribution in [3.8, 4) is 0 Å². The lowest BCUT2D eigenvalue weighted by atomic mass is 9.98. The van der Waals surface area contributed by atoms with Gasteiger partial charge in [0.25, 0.3) is 11.8 Å². The Hall–Kier alpha value is -4.50. The minimum Gasteiger partial charge on any atom is -0.481 e. The van der Waals surface area contributed by atoms with Crippen LogP contribution in [-0.4, -0.2) is 78.3 Å². The fourth-order valence-corrected chi connectivity index (χ4v) is 6.55. The van der Waals surface area contributed by atoms with Gasteiger partial charge in [-0.2, -0.15) is 0 Å². The summed E-state index contributed by atoms with van der Waals surface area (Å²) in [6.07, 6.45) is 2.01. The third kappa shape index (κ3) is 5.58. The van der Waals surface area contributed by atoms with Crippen LogP contribution in [0.25, 0.3) is 10.9 Å². The number of anilines is 1. The van der Waals surface area contributed by atoms with E-state index in [4.69, 9.17) is 15.7 Å². The van der Waals surface area contributed by atoms with E-state index in [0.717, 1.165) is 16.5 Å². The molecule has 1 saturated heterocycles. The Bertz CT molecular complexity index is 1620. The highest BCUT2D eigenvalue weighted by Crippen LogP contribution is 2.41. The highest BCUT2D eigenvalue weighted by atomic mass is 32.2. The number of thioether (sulfide) groups is 1. The summed E-state index contributed by atoms with van der Waals surface area (Å²) in [6, 6.07) is 5.32. The van der Waals surface area contributed by atoms with Gasteiger partial charge in [-0.1, -0.05) is 11.2 Å². The Balaban J connectivity index is 1.36. The number of nitrogens with zero attached hydrogens (tertiary/aromatic N) is 4. The Morgan fingerprint density at radius 2 is 2.07 bits per heavy atom. The average Bonchev–Trinajstić information content (AvgIpc) is 3.43. The van der Waals surface area contributed by atoms with E-state index < -0.39 is 41.1 Å². The predicted octanol–water partition coefficient (Wildman–Crippen LogP) is 1.70. The molecule has 3 aromatic rings. The fourth-order valence-electron chi connectivity index (χ4n) is 4.41. The molecule has 2 aliphatic heterocycles. The number of pyridine rings is 2. The lowest BCUT2D eigenvalue weighted by Gasteiger charge is -2.49. The number of nitrogens with two attached hydrogens (primary N) is 1. The first-order chi connectivity index (χ1) is 19.7. The van der Waals surface area contributed by atoms with Crippen molar-refractivity contribution in [1.29, 1.82) is 0 Å². The molecule has 0 spiro atoms. The van der Waals surface area contributed by atoms with Crippen molar-refractivity contribution in [2.75, 3.05) is 18.1 Å². The van der Waals surface area contributed by atoms with Crippen LogP contribution < -0.4 is 11.1 Å². The van der Waals surface area contributed by atoms with Gasteiger partial charge in [0.1, 0.15) is 35.2 Å². The van der Waals surface area contributed by atoms with Crippen LogP contribution in [0.3, 0.4) is 0 Å². The Kier molecular flexibility index (Phi) is 7.90. The van der Waals surface area contributed by atoms with E-state index in [-0.39, 0.29) is 29.5 Å². The second-order valence-electron chi connectivity index (χ2n) is 9.36. The zero-order valence-electron chi connectivity index (χ0n) is 21.5. The smallest absolute Gasteiger partial charge is 0.352 e. The number of nitrogens with one attached hydrogen (secondary N) is 1. The highest BCUT2D eigenvalue weighted by Gasteiger charge is 2.54. The molecule has 3 aromatic heterocycles. The number of carboxylic acid groups (broad SMARTS) is 2. The summed E-state index contributed by atoms with van der Waals surface area (Å²) in [4.78, 5) is 64.7. The molecular weight excluding hydrogens is 572 g/mol. The number of oxime groups is 1. The van der Waals surface area contributed by atoms with Crippen molar-refractivity contribution in [3.63, 3.8) is 0 Å². The third-order valence-electron chi connectivity index (χ3n) is 6.55. The van der Waals surface area contributed by atoms with Crippen molar-refractivity contribution in [2.45, 2.75) is 24.8 Å². The van der Waals surface area contributed by atoms with E-state index >= 15 is 0 Å². The van der Waals surface area contributed by atoms with Gasteiger partial charge in [0.2, 0.25) is 0 Å². The van der Waals surface area contributed by atoms with Gasteiger partial charge in [0, 0.05) is 28.1 Å². The van der Waals surface area contributed by atoms with Crippen molar-refractivity contribution >= 4 is 69.3 Å². The minimum atomic E-state index is -1.23. The van der Waals surface area contributed by atoms with Crippen LogP contribution in [0.4, 0.5) is 5.82 Å². The quantitative estimate of drug-likeness (QED) is 0.151. The molecular formula is C26H24N6O7S2. The van der Waals surface area contributed by atoms with E-state index in [2.05, 4.69) is 20.4 Å². The summed E-state index contributed by atoms with van der Waals surface area (Å²) in [5.41, 5.74) is 7.72. The van der Waals surface area contributed by atoms with Crippen LogP contribution in [0.2, 0.25) is 0 Å². The maximum absolute atomic E-state index is 13.3. The second kappa shape index (κ2) is 11.5. The van der Waals surface area contributed by atoms with E-state index in [1.807, 2.05) is 16.8 Å². The van der Waals surface area contributed by atoms with Gasteiger partial charge in [0.05, 0.1) is 11.4 Å². The number of hydrogen-bond acceptors (Lipinski definition) is 11. The second-order valence-corrected chi connectivity index (χ2v) is 11.2. The summed E-state index contributed by atoms with van der Waals surface area (Å²) in [7, 11) is 0. The molecule has 3 atom stereocenters. The number of carbonyl (C=O) groups excluding carboxylic acids is 2. The number of nitrogen functional groups attached to an aromatic ring is 1. The van der Waals surface area contributed by atoms with E-state index in [0.29, 0.717) is 17.7 Å². The lowest BCUT2D eigenvalue weighted by Crippen LogP contribution is -2.71. The first kappa shape index (κ1) is 28.0. The van der Waals surface area contributed by atoms with Gasteiger partial charge in [-0.25, -0.2) is 9.78 Å². The van der Waals surface area contributed by atoms with Gasteiger partial charge in [0.15, 0.2) is 5.71 Å². The lowest BCUT2D eigenvalue weighted by molar-refractivity contribution is -0.150. The summed E-state index contributed by atoms with van der Waals surface area (Å²) >= 11 is 2.84. The first-order valence-corrected chi connectivity index (χ1v) is 14.3. The number of rotatable bonds is 10. The largest absolute Gasteiger partial charge is 0.481 e. The monoisotopic (exact) mass is 596 g/mol. The Morgan fingerprint density at radius 3 is 2.80 bits per heavy atom. The molecule has 212 valence electrons. The molecule has 0 aromatic carbocycles. The number of aromatic nitrogens is 2. The van der Waals surface area contributed by atoms with Gasteiger partial charge in [-0.15, -0.1) is 23.1 Å². The maximum atomic E-state index is 13.3. The molecule has 2 unspecified atom stereocenters. The third-order valence-corrected chi connectivity index (χ3v) is 8.62. The van der Waals surface area contributed by atoms with Crippen LogP contribution in [0, 0.1) is 5.92 Å². The van der Waals surface area contributed by atoms with E-state index in [9.17, 15) is 24.3 Å². The Morgan fingerprint density at radius 1 is 1.27 bits per heavy atom. The molecule has 13 nitrogen and oxygen atoms in total. The summed E-state index contributed by atoms with van der Waals surface area (Å²) in [5, 5.41) is 29.7. The van der Waals surface area contributed by atoms with E-state index in [1.165, 1.54) is 47.1 Å². The van der Waals surface area contributed by atoms with Crippen molar-refractivity contribution in [1.82, 2.24) is 20.2 Å². The zero-order chi connectivity index (χ0) is 29.3. The topological polar surface area (TPSA) is 197 Å². The maximum Gasteiger partial charge on any atom is 0.352 e. The van der Waals surface area contributed by atoms with Crippen molar-refractivity contribution < 1.29 is 34.2 Å². The summed E-state index contributed by atoms with van der Waals surface area (Å²) in [6.45, 7) is 1.10. The molecule has 5 heterocycles. The number of fused-ring (bicyclic) bond motifs is 2. The van der Waals surface area contributed by atoms with Crippen molar-refractivity contribution in [3.05, 3.63) is 63.7 Å². The number of aliphatic carboxylic acids is 2. The number of hydrogen-bond donors (Lipinski definition) is 4. The van der Waals surface area contributed by atoms with E-state index in [1.54, 1.807) is 12.3 Å². The fraction of sp³-hybridized carbons (Fsp3) is 0.269. The van der Waals surface area contributed by atoms with Crippen LogP contribution in [0.5, 0.6) is 0 Å². The standard InChI is InChI=1S/C26H24N6O7S2/c1-12(25(35)36)8-39-31-19(16-3-2-4-18(27)29-16)22(33)30-20-23(34)32-21(26(37)38)14(9-41-24(20)32)7-13-5-6-28-17-11-40-10-15(13)17/h2-6,10-12,20,24H,7-9H2,1H3,(H2,27,29)(H,30,33)(H,35,36)(H,37,38)/b31-19-/t12?,20?,24-/m1/s1. The van der Waals surface area contributed by atoms with Gasteiger partial charge in [-0.3, -0.25) is 24.3 Å². The van der Waals surface area contributed by atoms with Crippen LogP contribution in [0.1, 0.15) is 18.2 Å². The Labute approximate surface area is 241 Å². The molecule has 2 aliphatic rings. The predicted molar refractivity (Wildman–Crippen MR) is 151 cm³/mol. The molecule has 5 rings (SSSR count). The normalized spacial score (nSPS) is 19.4. The van der Waals surface area contributed by atoms with Crippen LogP contribution in [0.15, 0.2) is 57.6 Å². The summed E-state index contributed by atoms with van der Waals surface area (Å²) < 4.78 is 0. The van der Waals surface area contributed by atoms with Crippen LogP contribution >= 0.6 is 23.1 Å². The number of carboxylic acids is 2. The SMILES string of the molecule is CC(CO/N=C(\C(=O)NC1C(=O)N2C(C(=O)O)=C(Cc3ccnc4cscc34)CS[C@H]12)c1cccc(N)n1)C(=O)O. The van der Waals surface area contributed by atoms with Gasteiger partial charge >= 0.3 is 11.9 Å². The molecule has 5 N–H and O–H groups in total. The number of β-lactam (4-membered cyclic amide) rings is 1. The molecule has 0 saturated carbocycles. The van der Waals surface area contributed by atoms with Gasteiger partial charge < -0.3 is 26.1 Å².